The Bertz CT molecular complexity index is 898. The first kappa shape index (κ1) is 22.0. The molecule has 3 aromatic rings. The van der Waals surface area contributed by atoms with Gasteiger partial charge in [0.2, 0.25) is 8.32 Å². The van der Waals surface area contributed by atoms with Crippen molar-refractivity contribution in [3.8, 4) is 5.75 Å². The Morgan fingerprint density at radius 3 is 1.33 bits per heavy atom. The maximum Gasteiger partial charge on any atom is 0.250 e. The Kier molecular flexibility index (Phi) is 7.22. The first-order valence-electron chi connectivity index (χ1n) is 10.9. The molecule has 3 aromatic carbocycles. The number of para-hydroxylation sites is 1. The molecule has 0 saturated carbocycles. The smallest absolute Gasteiger partial charge is 0.250 e. The predicted octanol–water partition coefficient (Wildman–Crippen LogP) is 7.61. The molecule has 0 saturated heterocycles. The number of anilines is 4. The largest absolute Gasteiger partial charge is 0.544 e. The standard InChI is InChI=1S/C26H34N2OSi/c1-6-30(7-2,8-3)29-26-20-18-25(19-21-26)28(5)24-16-14-23(15-17-24)27(4)22-12-10-9-11-13-22/h9-21H,6-8H2,1-5H3. The summed E-state index contributed by atoms with van der Waals surface area (Å²) < 4.78 is 6.49. The van der Waals surface area contributed by atoms with Gasteiger partial charge in [-0.25, -0.2) is 0 Å². The molecule has 0 bridgehead atoms. The minimum atomic E-state index is -1.63. The molecule has 0 aliphatic rings. The van der Waals surface area contributed by atoms with Gasteiger partial charge in [0.05, 0.1) is 0 Å². The zero-order valence-corrected chi connectivity index (χ0v) is 19.9. The lowest BCUT2D eigenvalue weighted by Crippen LogP contribution is -2.39. The van der Waals surface area contributed by atoms with Crippen molar-refractivity contribution in [2.75, 3.05) is 23.9 Å². The third-order valence-electron chi connectivity index (χ3n) is 6.26. The molecule has 0 fully saturated rings. The Labute approximate surface area is 183 Å². The van der Waals surface area contributed by atoms with E-state index in [0.29, 0.717) is 0 Å². The lowest BCUT2D eigenvalue weighted by molar-refractivity contribution is 0.532. The zero-order valence-electron chi connectivity index (χ0n) is 18.9. The van der Waals surface area contributed by atoms with Gasteiger partial charge in [0, 0.05) is 36.8 Å². The second kappa shape index (κ2) is 9.85. The summed E-state index contributed by atoms with van der Waals surface area (Å²) in [5.74, 6) is 1.00. The number of rotatable bonds is 9. The van der Waals surface area contributed by atoms with Crippen LogP contribution in [0.3, 0.4) is 0 Å². The highest BCUT2D eigenvalue weighted by atomic mass is 28.4. The number of benzene rings is 3. The molecule has 30 heavy (non-hydrogen) atoms. The van der Waals surface area contributed by atoms with Crippen LogP contribution in [0.5, 0.6) is 5.75 Å². The average molecular weight is 419 g/mol. The van der Waals surface area contributed by atoms with Crippen LogP contribution in [-0.2, 0) is 0 Å². The minimum absolute atomic E-state index is 1.00. The van der Waals surface area contributed by atoms with Crippen molar-refractivity contribution in [1.82, 2.24) is 0 Å². The van der Waals surface area contributed by atoms with Crippen LogP contribution in [0.25, 0.3) is 0 Å². The van der Waals surface area contributed by atoms with Gasteiger partial charge in [-0.15, -0.1) is 0 Å². The van der Waals surface area contributed by atoms with Gasteiger partial charge < -0.3 is 14.2 Å². The Balaban J connectivity index is 1.71. The topological polar surface area (TPSA) is 15.7 Å². The third kappa shape index (κ3) is 4.88. The predicted molar refractivity (Wildman–Crippen MR) is 133 cm³/mol. The summed E-state index contributed by atoms with van der Waals surface area (Å²) in [6.45, 7) is 6.79. The summed E-state index contributed by atoms with van der Waals surface area (Å²) in [7, 11) is 2.57. The van der Waals surface area contributed by atoms with Crippen LogP contribution in [0.4, 0.5) is 22.7 Å². The van der Waals surface area contributed by atoms with Gasteiger partial charge in [-0.3, -0.25) is 0 Å². The summed E-state index contributed by atoms with van der Waals surface area (Å²) in [5, 5.41) is 0. The van der Waals surface area contributed by atoms with Gasteiger partial charge in [-0.05, 0) is 78.8 Å². The van der Waals surface area contributed by atoms with Crippen molar-refractivity contribution in [1.29, 1.82) is 0 Å². The van der Waals surface area contributed by atoms with Crippen LogP contribution >= 0.6 is 0 Å². The Morgan fingerprint density at radius 1 is 0.567 bits per heavy atom. The average Bonchev–Trinajstić information content (AvgIpc) is 2.83. The lowest BCUT2D eigenvalue weighted by Gasteiger charge is -2.29. The van der Waals surface area contributed by atoms with Gasteiger partial charge in [0.1, 0.15) is 5.75 Å². The molecule has 0 atom stereocenters. The fourth-order valence-electron chi connectivity index (χ4n) is 3.80. The van der Waals surface area contributed by atoms with Crippen LogP contribution in [-0.4, -0.2) is 22.4 Å². The molecule has 0 spiro atoms. The summed E-state index contributed by atoms with van der Waals surface area (Å²) in [5.41, 5.74) is 4.67. The fourth-order valence-corrected chi connectivity index (χ4v) is 6.37. The van der Waals surface area contributed by atoms with E-state index in [4.69, 9.17) is 4.43 Å². The van der Waals surface area contributed by atoms with Crippen molar-refractivity contribution < 1.29 is 4.43 Å². The van der Waals surface area contributed by atoms with Crippen LogP contribution in [0.2, 0.25) is 18.1 Å². The first-order chi connectivity index (χ1) is 14.5. The van der Waals surface area contributed by atoms with Crippen molar-refractivity contribution >= 4 is 31.1 Å². The first-order valence-corrected chi connectivity index (χ1v) is 13.5. The van der Waals surface area contributed by atoms with Gasteiger partial charge in [0.15, 0.2) is 0 Å². The highest BCUT2D eigenvalue weighted by Crippen LogP contribution is 2.31. The summed E-state index contributed by atoms with van der Waals surface area (Å²) in [6, 6.07) is 31.1. The number of hydrogen-bond acceptors (Lipinski definition) is 3. The Morgan fingerprint density at radius 2 is 0.933 bits per heavy atom. The second-order valence-electron chi connectivity index (χ2n) is 7.81. The van der Waals surface area contributed by atoms with Crippen LogP contribution in [0.15, 0.2) is 78.9 Å². The van der Waals surface area contributed by atoms with E-state index in [1.807, 2.05) is 6.07 Å². The van der Waals surface area contributed by atoms with Crippen LogP contribution in [0.1, 0.15) is 20.8 Å². The molecule has 3 nitrogen and oxygen atoms in total. The lowest BCUT2D eigenvalue weighted by atomic mass is 10.2. The third-order valence-corrected chi connectivity index (χ3v) is 10.8. The number of nitrogens with zero attached hydrogens (tertiary/aromatic N) is 2. The summed E-state index contributed by atoms with van der Waals surface area (Å²) >= 11 is 0. The van der Waals surface area contributed by atoms with Crippen molar-refractivity contribution in [3.05, 3.63) is 78.9 Å². The summed E-state index contributed by atoms with van der Waals surface area (Å²) in [4.78, 5) is 4.40. The van der Waals surface area contributed by atoms with E-state index < -0.39 is 8.32 Å². The van der Waals surface area contributed by atoms with Gasteiger partial charge in [0.25, 0.3) is 0 Å². The van der Waals surface area contributed by atoms with Gasteiger partial charge >= 0.3 is 0 Å². The van der Waals surface area contributed by atoms with E-state index >= 15 is 0 Å². The van der Waals surface area contributed by atoms with E-state index in [2.05, 4.69) is 117 Å². The van der Waals surface area contributed by atoms with E-state index in [1.54, 1.807) is 0 Å². The Hall–Kier alpha value is -2.72. The molecule has 4 heteroatoms. The van der Waals surface area contributed by atoms with Gasteiger partial charge in [-0.2, -0.15) is 0 Å². The molecule has 0 aromatic heterocycles. The highest BCUT2D eigenvalue weighted by molar-refractivity contribution is 6.74. The highest BCUT2D eigenvalue weighted by Gasteiger charge is 2.30. The van der Waals surface area contributed by atoms with Crippen LogP contribution < -0.4 is 14.2 Å². The normalized spacial score (nSPS) is 11.2. The zero-order chi connectivity index (χ0) is 21.6. The molecule has 0 unspecified atom stereocenters. The minimum Gasteiger partial charge on any atom is -0.544 e. The SMILES string of the molecule is CC[Si](CC)(CC)Oc1ccc(N(C)c2ccc(N(C)c3ccccc3)cc2)cc1. The molecule has 3 rings (SSSR count). The molecule has 0 amide bonds. The van der Waals surface area contributed by atoms with E-state index in [-0.39, 0.29) is 0 Å². The number of hydrogen-bond donors (Lipinski definition) is 0. The molecular weight excluding hydrogens is 384 g/mol. The van der Waals surface area contributed by atoms with Crippen molar-refractivity contribution in [3.63, 3.8) is 0 Å². The maximum absolute atomic E-state index is 6.49. The molecule has 0 radical (unpaired) electrons. The molecule has 0 N–H and O–H groups in total. The summed E-state index contributed by atoms with van der Waals surface area (Å²) in [6.07, 6.45) is 0. The van der Waals surface area contributed by atoms with E-state index in [0.717, 1.165) is 35.3 Å². The molecule has 158 valence electrons. The van der Waals surface area contributed by atoms with E-state index in [9.17, 15) is 0 Å². The van der Waals surface area contributed by atoms with Crippen molar-refractivity contribution in [2.45, 2.75) is 38.9 Å². The van der Waals surface area contributed by atoms with E-state index in [1.165, 1.54) is 11.4 Å². The monoisotopic (exact) mass is 418 g/mol. The quantitative estimate of drug-likeness (QED) is 0.333. The fraction of sp³-hybridized carbons (Fsp3) is 0.308. The van der Waals surface area contributed by atoms with Crippen molar-refractivity contribution in [2.24, 2.45) is 0 Å². The second-order valence-corrected chi connectivity index (χ2v) is 12.5. The van der Waals surface area contributed by atoms with Gasteiger partial charge in [-0.1, -0.05) is 39.0 Å². The molecule has 0 aliphatic heterocycles. The van der Waals surface area contributed by atoms with Crippen LogP contribution in [0, 0.1) is 0 Å². The maximum atomic E-state index is 6.49. The molecule has 0 aliphatic carbocycles. The molecular formula is C26H34N2OSi. The molecule has 0 heterocycles.